The van der Waals surface area contributed by atoms with Crippen LogP contribution < -0.4 is 11.3 Å². The molecule has 0 bridgehead atoms. The number of hydrogen-bond acceptors (Lipinski definition) is 3. The van der Waals surface area contributed by atoms with Gasteiger partial charge in [0.2, 0.25) is 5.92 Å². The van der Waals surface area contributed by atoms with Crippen LogP contribution in [0.15, 0.2) is 6.20 Å². The van der Waals surface area contributed by atoms with Crippen molar-refractivity contribution >= 4 is 0 Å². The molecule has 0 aliphatic heterocycles. The number of nitrogens with one attached hydrogen (secondary N) is 1. The minimum Gasteiger partial charge on any atom is -0.275 e. The number of hydrogen-bond donors (Lipinski definition) is 2. The van der Waals surface area contributed by atoms with Crippen LogP contribution in [-0.4, -0.2) is 15.7 Å². The normalized spacial score (nSPS) is 23.7. The molecule has 1 aliphatic rings. The molecule has 2 rings (SSSR count). The van der Waals surface area contributed by atoms with Crippen LogP contribution in [0.4, 0.5) is 8.78 Å². The van der Waals surface area contributed by atoms with Crippen LogP contribution in [0.5, 0.6) is 0 Å². The first-order valence-corrected chi connectivity index (χ1v) is 6.81. The molecule has 1 aromatic heterocycles. The molecule has 1 heterocycles. The third kappa shape index (κ3) is 3.30. The van der Waals surface area contributed by atoms with Gasteiger partial charge in [-0.15, -0.1) is 0 Å². The van der Waals surface area contributed by atoms with E-state index in [4.69, 9.17) is 5.84 Å². The second-order valence-electron chi connectivity index (χ2n) is 5.48. The van der Waals surface area contributed by atoms with Crippen LogP contribution in [-0.2, 0) is 13.5 Å². The summed E-state index contributed by atoms with van der Waals surface area (Å²) in [7, 11) is 1.86. The highest BCUT2D eigenvalue weighted by molar-refractivity contribution is 5.21. The van der Waals surface area contributed by atoms with Crippen molar-refractivity contribution in [1.82, 2.24) is 15.2 Å². The summed E-state index contributed by atoms with van der Waals surface area (Å²) in [6.07, 6.45) is 3.94. The summed E-state index contributed by atoms with van der Waals surface area (Å²) >= 11 is 0. The molecule has 0 amide bonds. The Bertz CT molecular complexity index is 430. The summed E-state index contributed by atoms with van der Waals surface area (Å²) in [4.78, 5) is 0. The molecule has 19 heavy (non-hydrogen) atoms. The highest BCUT2D eigenvalue weighted by Crippen LogP contribution is 2.42. The Morgan fingerprint density at radius 1 is 1.63 bits per heavy atom. The highest BCUT2D eigenvalue weighted by atomic mass is 19.3. The molecule has 0 saturated heterocycles. The van der Waals surface area contributed by atoms with E-state index >= 15 is 0 Å². The van der Waals surface area contributed by atoms with Crippen molar-refractivity contribution in [2.24, 2.45) is 18.8 Å². The van der Waals surface area contributed by atoms with Gasteiger partial charge in [0.15, 0.2) is 0 Å². The highest BCUT2D eigenvalue weighted by Gasteiger charge is 2.40. The average molecular weight is 272 g/mol. The number of nitrogens with zero attached hydrogens (tertiary/aromatic N) is 2. The number of nitrogens with two attached hydrogens (primary N) is 1. The van der Waals surface area contributed by atoms with Gasteiger partial charge in [0.05, 0.1) is 5.69 Å². The maximum atomic E-state index is 13.2. The van der Waals surface area contributed by atoms with Crippen molar-refractivity contribution in [1.29, 1.82) is 0 Å². The van der Waals surface area contributed by atoms with E-state index in [0.29, 0.717) is 12.8 Å². The standard InChI is InChI=1S/C13H22F2N4/c1-3-11-10(8-19(2)18-11)12(17-16)6-9-4-5-13(14,15)7-9/h8-9,12,17H,3-7,16H2,1-2H3. The molecule has 6 heteroatoms. The summed E-state index contributed by atoms with van der Waals surface area (Å²) in [6, 6.07) is -0.0949. The molecule has 0 spiro atoms. The van der Waals surface area contributed by atoms with E-state index in [9.17, 15) is 8.78 Å². The summed E-state index contributed by atoms with van der Waals surface area (Å²) in [5.41, 5.74) is 4.77. The van der Waals surface area contributed by atoms with Gasteiger partial charge in [-0.25, -0.2) is 8.78 Å². The Balaban J connectivity index is 2.08. The number of rotatable bonds is 5. The largest absolute Gasteiger partial charge is 0.275 e. The molecule has 4 nitrogen and oxygen atoms in total. The van der Waals surface area contributed by atoms with Crippen molar-refractivity contribution in [3.63, 3.8) is 0 Å². The maximum absolute atomic E-state index is 13.2. The molecule has 2 unspecified atom stereocenters. The van der Waals surface area contributed by atoms with Gasteiger partial charge in [0.25, 0.3) is 0 Å². The maximum Gasteiger partial charge on any atom is 0.248 e. The molecule has 3 N–H and O–H groups in total. The van der Waals surface area contributed by atoms with Crippen LogP contribution in [0.3, 0.4) is 0 Å². The van der Waals surface area contributed by atoms with Gasteiger partial charge in [-0.2, -0.15) is 5.10 Å². The monoisotopic (exact) mass is 272 g/mol. The number of hydrazine groups is 1. The average Bonchev–Trinajstić information content (AvgIpc) is 2.88. The smallest absolute Gasteiger partial charge is 0.248 e. The zero-order valence-electron chi connectivity index (χ0n) is 11.5. The lowest BCUT2D eigenvalue weighted by Gasteiger charge is -2.20. The van der Waals surface area contributed by atoms with Gasteiger partial charge >= 0.3 is 0 Å². The predicted octanol–water partition coefficient (Wildman–Crippen LogP) is 2.31. The van der Waals surface area contributed by atoms with Crippen LogP contribution in [0.25, 0.3) is 0 Å². The molecule has 1 fully saturated rings. The zero-order valence-corrected chi connectivity index (χ0v) is 11.5. The van der Waals surface area contributed by atoms with Crippen molar-refractivity contribution in [2.45, 2.75) is 51.0 Å². The third-order valence-electron chi connectivity index (χ3n) is 3.92. The van der Waals surface area contributed by atoms with E-state index in [-0.39, 0.29) is 24.8 Å². The van der Waals surface area contributed by atoms with E-state index in [0.717, 1.165) is 17.7 Å². The van der Waals surface area contributed by atoms with Gasteiger partial charge in [0, 0.05) is 37.7 Å². The lowest BCUT2D eigenvalue weighted by atomic mass is 9.93. The lowest BCUT2D eigenvalue weighted by Crippen LogP contribution is -2.30. The zero-order chi connectivity index (χ0) is 14.0. The number of aromatic nitrogens is 2. The lowest BCUT2D eigenvalue weighted by molar-refractivity contribution is 0.00430. The Kier molecular flexibility index (Phi) is 4.20. The fraction of sp³-hybridized carbons (Fsp3) is 0.769. The van der Waals surface area contributed by atoms with Gasteiger partial charge in [0.1, 0.15) is 0 Å². The molecular formula is C13H22F2N4. The van der Waals surface area contributed by atoms with Crippen LogP contribution >= 0.6 is 0 Å². The topological polar surface area (TPSA) is 55.9 Å². The van der Waals surface area contributed by atoms with E-state index < -0.39 is 5.92 Å². The SMILES string of the molecule is CCc1nn(C)cc1C(CC1CCC(F)(F)C1)NN. The summed E-state index contributed by atoms with van der Waals surface area (Å²) in [5, 5.41) is 4.37. The molecule has 108 valence electrons. The Morgan fingerprint density at radius 3 is 2.89 bits per heavy atom. The molecule has 2 atom stereocenters. The number of halogens is 2. The first-order chi connectivity index (χ1) is 8.95. The van der Waals surface area contributed by atoms with Crippen LogP contribution in [0, 0.1) is 5.92 Å². The van der Waals surface area contributed by atoms with E-state index in [1.165, 1.54) is 0 Å². The molecular weight excluding hydrogens is 250 g/mol. The quantitative estimate of drug-likeness (QED) is 0.639. The van der Waals surface area contributed by atoms with Gasteiger partial charge in [-0.1, -0.05) is 6.92 Å². The Morgan fingerprint density at radius 2 is 2.37 bits per heavy atom. The fourth-order valence-corrected chi connectivity index (χ4v) is 2.98. The summed E-state index contributed by atoms with van der Waals surface area (Å²) < 4.78 is 28.2. The minimum atomic E-state index is -2.49. The minimum absolute atomic E-state index is 0.00261. The molecule has 0 aromatic carbocycles. The molecule has 1 aliphatic carbocycles. The van der Waals surface area contributed by atoms with Crippen molar-refractivity contribution in [2.75, 3.05) is 0 Å². The van der Waals surface area contributed by atoms with Gasteiger partial charge in [-0.3, -0.25) is 16.0 Å². The fourth-order valence-electron chi connectivity index (χ4n) is 2.98. The first-order valence-electron chi connectivity index (χ1n) is 6.81. The van der Waals surface area contributed by atoms with E-state index in [1.807, 2.05) is 20.2 Å². The predicted molar refractivity (Wildman–Crippen MR) is 69.6 cm³/mol. The van der Waals surface area contributed by atoms with Crippen LogP contribution in [0.1, 0.15) is 49.9 Å². The molecule has 1 saturated carbocycles. The second kappa shape index (κ2) is 5.54. The third-order valence-corrected chi connectivity index (χ3v) is 3.92. The Hall–Kier alpha value is -1.01. The van der Waals surface area contributed by atoms with Crippen molar-refractivity contribution in [3.8, 4) is 0 Å². The molecule has 0 radical (unpaired) electrons. The number of aryl methyl sites for hydroxylation is 2. The second-order valence-corrected chi connectivity index (χ2v) is 5.48. The number of alkyl halides is 2. The van der Waals surface area contributed by atoms with Gasteiger partial charge in [-0.05, 0) is 25.2 Å². The van der Waals surface area contributed by atoms with Gasteiger partial charge < -0.3 is 0 Å². The Labute approximate surface area is 112 Å². The van der Waals surface area contributed by atoms with Crippen molar-refractivity contribution in [3.05, 3.63) is 17.5 Å². The van der Waals surface area contributed by atoms with Crippen LogP contribution in [0.2, 0.25) is 0 Å². The van der Waals surface area contributed by atoms with E-state index in [2.05, 4.69) is 10.5 Å². The summed E-state index contributed by atoms with van der Waals surface area (Å²) in [6.45, 7) is 2.03. The van der Waals surface area contributed by atoms with E-state index in [1.54, 1.807) is 4.68 Å². The summed E-state index contributed by atoms with van der Waals surface area (Å²) in [5.74, 6) is 3.14. The van der Waals surface area contributed by atoms with Crippen molar-refractivity contribution < 1.29 is 8.78 Å². The first kappa shape index (κ1) is 14.4. The molecule has 1 aromatic rings.